The fourth-order valence-electron chi connectivity index (χ4n) is 3.17. The molecule has 10 heteroatoms. The van der Waals surface area contributed by atoms with Gasteiger partial charge in [0.15, 0.2) is 11.6 Å². The van der Waals surface area contributed by atoms with Crippen LogP contribution in [0.3, 0.4) is 0 Å². The number of rotatable bonds is 6. The number of hydrogen-bond donors (Lipinski definition) is 2. The molecule has 0 saturated carbocycles. The van der Waals surface area contributed by atoms with Crippen LogP contribution in [-0.4, -0.2) is 31.4 Å². The lowest BCUT2D eigenvalue weighted by atomic mass is 10.2. The van der Waals surface area contributed by atoms with Gasteiger partial charge in [-0.2, -0.15) is 0 Å². The molecule has 164 valence electrons. The summed E-state index contributed by atoms with van der Waals surface area (Å²) < 4.78 is 57.7. The first-order valence-electron chi connectivity index (χ1n) is 9.37. The third kappa shape index (κ3) is 4.04. The van der Waals surface area contributed by atoms with E-state index in [1.165, 1.54) is 31.4 Å². The Labute approximate surface area is 182 Å². The summed E-state index contributed by atoms with van der Waals surface area (Å²) in [7, 11) is -2.99. The minimum Gasteiger partial charge on any atom is -0.495 e. The highest BCUT2D eigenvalue weighted by molar-refractivity contribution is 7.91. The van der Waals surface area contributed by atoms with Gasteiger partial charge in [-0.3, -0.25) is 9.78 Å². The lowest BCUT2D eigenvalue weighted by Crippen LogP contribution is -2.23. The standard InChI is InChI=1S/C22H17F2N3O4S/c1-31-20-9-16(23)17(24)10-21(20)32(29,30)15-4-2-13(3-5-15)11-26-22(28)19-8-14-12-25-7-6-18(14)27-19/h2-10,12,27H,11H2,1H3,(H,26,28). The first-order chi connectivity index (χ1) is 15.3. The third-order valence-corrected chi connectivity index (χ3v) is 6.64. The Morgan fingerprint density at radius 1 is 1.09 bits per heavy atom. The molecule has 7 nitrogen and oxygen atoms in total. The number of nitrogens with zero attached hydrogens (tertiary/aromatic N) is 1. The quantitative estimate of drug-likeness (QED) is 0.431. The van der Waals surface area contributed by atoms with E-state index in [0.29, 0.717) is 23.4 Å². The van der Waals surface area contributed by atoms with E-state index in [2.05, 4.69) is 15.3 Å². The van der Waals surface area contributed by atoms with Gasteiger partial charge in [0.05, 0.1) is 12.0 Å². The van der Waals surface area contributed by atoms with E-state index in [1.807, 2.05) is 0 Å². The van der Waals surface area contributed by atoms with Crippen molar-refractivity contribution in [2.24, 2.45) is 0 Å². The van der Waals surface area contributed by atoms with E-state index in [9.17, 15) is 22.0 Å². The van der Waals surface area contributed by atoms with Crippen molar-refractivity contribution in [2.75, 3.05) is 7.11 Å². The third-order valence-electron chi connectivity index (χ3n) is 4.85. The molecule has 0 saturated heterocycles. The van der Waals surface area contributed by atoms with Gasteiger partial charge in [-0.05, 0) is 35.9 Å². The first kappa shape index (κ1) is 21.4. The highest BCUT2D eigenvalue weighted by Gasteiger charge is 2.24. The molecule has 4 rings (SSSR count). The molecule has 0 atom stereocenters. The number of methoxy groups -OCH3 is 1. The number of benzene rings is 2. The van der Waals surface area contributed by atoms with Gasteiger partial charge in [-0.15, -0.1) is 0 Å². The fourth-order valence-corrected chi connectivity index (χ4v) is 4.58. The monoisotopic (exact) mass is 457 g/mol. The van der Waals surface area contributed by atoms with E-state index < -0.39 is 26.4 Å². The van der Waals surface area contributed by atoms with Crippen LogP contribution in [0.1, 0.15) is 16.1 Å². The van der Waals surface area contributed by atoms with Crippen LogP contribution in [0.15, 0.2) is 70.7 Å². The van der Waals surface area contributed by atoms with E-state index in [1.54, 1.807) is 24.5 Å². The van der Waals surface area contributed by atoms with Crippen molar-refractivity contribution in [3.8, 4) is 5.75 Å². The largest absolute Gasteiger partial charge is 0.495 e. The molecule has 2 heterocycles. The zero-order chi connectivity index (χ0) is 22.9. The Morgan fingerprint density at radius 3 is 2.50 bits per heavy atom. The molecule has 0 aliphatic rings. The van der Waals surface area contributed by atoms with Gasteiger partial charge in [0.25, 0.3) is 5.91 Å². The van der Waals surface area contributed by atoms with Gasteiger partial charge in [0.1, 0.15) is 16.3 Å². The maximum atomic E-state index is 13.6. The van der Waals surface area contributed by atoms with Gasteiger partial charge >= 0.3 is 0 Å². The molecule has 0 radical (unpaired) electrons. The Hall–Kier alpha value is -3.79. The normalized spacial score (nSPS) is 11.5. The van der Waals surface area contributed by atoms with Gasteiger partial charge < -0.3 is 15.0 Å². The number of hydrogen-bond acceptors (Lipinski definition) is 5. The highest BCUT2D eigenvalue weighted by atomic mass is 32.2. The molecule has 2 aromatic heterocycles. The van der Waals surface area contributed by atoms with Crippen molar-refractivity contribution in [2.45, 2.75) is 16.3 Å². The summed E-state index contributed by atoms with van der Waals surface area (Å²) >= 11 is 0. The van der Waals surface area contributed by atoms with Crippen molar-refractivity contribution >= 4 is 26.6 Å². The predicted octanol–water partition coefficient (Wildman–Crippen LogP) is 3.61. The summed E-state index contributed by atoms with van der Waals surface area (Å²) in [5.41, 5.74) is 1.80. The van der Waals surface area contributed by atoms with Crippen molar-refractivity contribution in [3.05, 3.63) is 83.8 Å². The number of sulfone groups is 1. The Bertz CT molecular complexity index is 1380. The lowest BCUT2D eigenvalue weighted by molar-refractivity contribution is 0.0946. The SMILES string of the molecule is COc1cc(F)c(F)cc1S(=O)(=O)c1ccc(CNC(=O)c2cc3cnccc3[nH]2)cc1. The number of aromatic amines is 1. The van der Waals surface area contributed by atoms with Crippen LogP contribution in [-0.2, 0) is 16.4 Å². The molecule has 0 spiro atoms. The summed E-state index contributed by atoms with van der Waals surface area (Å²) in [6, 6.07) is 10.4. The zero-order valence-corrected chi connectivity index (χ0v) is 17.5. The number of halogens is 2. The first-order valence-corrected chi connectivity index (χ1v) is 10.9. The Kier molecular flexibility index (Phi) is 5.62. The van der Waals surface area contributed by atoms with Crippen LogP contribution < -0.4 is 10.1 Å². The molecule has 0 unspecified atom stereocenters. The Morgan fingerprint density at radius 2 is 1.81 bits per heavy atom. The van der Waals surface area contributed by atoms with Crippen LogP contribution in [0.5, 0.6) is 5.75 Å². The zero-order valence-electron chi connectivity index (χ0n) is 16.7. The van der Waals surface area contributed by atoms with Crippen molar-refractivity contribution in [1.29, 1.82) is 0 Å². The summed E-state index contributed by atoms with van der Waals surface area (Å²) in [6.07, 6.45) is 3.26. The van der Waals surface area contributed by atoms with Crippen molar-refractivity contribution in [1.82, 2.24) is 15.3 Å². The molecule has 2 N–H and O–H groups in total. The van der Waals surface area contributed by atoms with Crippen LogP contribution in [0, 0.1) is 11.6 Å². The Balaban J connectivity index is 1.50. The highest BCUT2D eigenvalue weighted by Crippen LogP contribution is 2.31. The number of fused-ring (bicyclic) bond motifs is 1. The number of H-pyrrole nitrogens is 1. The topological polar surface area (TPSA) is 101 Å². The number of nitrogens with one attached hydrogen (secondary N) is 2. The number of aromatic nitrogens is 2. The van der Waals surface area contributed by atoms with Gasteiger partial charge in [0.2, 0.25) is 9.84 Å². The summed E-state index contributed by atoms with van der Waals surface area (Å²) in [5.74, 6) is -3.13. The average Bonchev–Trinajstić information content (AvgIpc) is 3.23. The smallest absolute Gasteiger partial charge is 0.267 e. The summed E-state index contributed by atoms with van der Waals surface area (Å²) in [6.45, 7) is 0.154. The molecule has 0 fully saturated rings. The van der Waals surface area contributed by atoms with Crippen molar-refractivity contribution < 1.29 is 26.7 Å². The van der Waals surface area contributed by atoms with Crippen LogP contribution >= 0.6 is 0 Å². The second-order valence-electron chi connectivity index (χ2n) is 6.89. The molecule has 0 aliphatic heterocycles. The van der Waals surface area contributed by atoms with E-state index in [0.717, 1.165) is 10.9 Å². The number of carbonyl (C=O) groups excluding carboxylic acids is 1. The second-order valence-corrected chi connectivity index (χ2v) is 8.81. The minimum absolute atomic E-state index is 0.125. The van der Waals surface area contributed by atoms with E-state index >= 15 is 0 Å². The molecule has 4 aromatic rings. The number of ether oxygens (including phenoxy) is 1. The summed E-state index contributed by atoms with van der Waals surface area (Å²) in [5, 5.41) is 3.55. The van der Waals surface area contributed by atoms with E-state index in [-0.39, 0.29) is 23.1 Å². The predicted molar refractivity (Wildman–Crippen MR) is 112 cm³/mol. The van der Waals surface area contributed by atoms with Gasteiger partial charge in [0, 0.05) is 35.9 Å². The lowest BCUT2D eigenvalue weighted by Gasteiger charge is -2.11. The van der Waals surface area contributed by atoms with Crippen LogP contribution in [0.4, 0.5) is 8.78 Å². The number of carbonyl (C=O) groups is 1. The average molecular weight is 457 g/mol. The van der Waals surface area contributed by atoms with Gasteiger partial charge in [-0.1, -0.05) is 12.1 Å². The maximum absolute atomic E-state index is 13.6. The van der Waals surface area contributed by atoms with Crippen LogP contribution in [0.2, 0.25) is 0 Å². The van der Waals surface area contributed by atoms with E-state index in [4.69, 9.17) is 4.74 Å². The van der Waals surface area contributed by atoms with Crippen molar-refractivity contribution in [3.63, 3.8) is 0 Å². The molecule has 32 heavy (non-hydrogen) atoms. The minimum atomic E-state index is -4.16. The number of pyridine rings is 1. The second kappa shape index (κ2) is 8.39. The number of amides is 1. The maximum Gasteiger partial charge on any atom is 0.267 e. The molecule has 0 aliphatic carbocycles. The molecule has 1 amide bonds. The fraction of sp³-hybridized carbons (Fsp3) is 0.0909. The summed E-state index contributed by atoms with van der Waals surface area (Å²) in [4.78, 5) is 18.8. The molecular formula is C22H17F2N3O4S. The van der Waals surface area contributed by atoms with Gasteiger partial charge in [-0.25, -0.2) is 17.2 Å². The van der Waals surface area contributed by atoms with Crippen LogP contribution in [0.25, 0.3) is 10.9 Å². The molecule has 2 aromatic carbocycles. The molecule has 0 bridgehead atoms. The molecular weight excluding hydrogens is 440 g/mol.